The molecule has 1 fully saturated rings. The van der Waals surface area contributed by atoms with Crippen molar-refractivity contribution in [2.45, 2.75) is 44.3 Å². The Morgan fingerprint density at radius 3 is 1.42 bits per heavy atom. The Morgan fingerprint density at radius 2 is 1.03 bits per heavy atom. The third-order valence-corrected chi connectivity index (χ3v) is 6.48. The molecular weight excluding hydrogens is 388 g/mol. The summed E-state index contributed by atoms with van der Waals surface area (Å²) in [6.07, 6.45) is -0.178. The van der Waals surface area contributed by atoms with Crippen molar-refractivity contribution in [1.29, 1.82) is 0 Å². The van der Waals surface area contributed by atoms with E-state index in [1.54, 1.807) is 24.3 Å². The van der Waals surface area contributed by atoms with Crippen molar-refractivity contribution in [1.82, 2.24) is 0 Å². The molecule has 0 amide bonds. The summed E-state index contributed by atoms with van der Waals surface area (Å²) in [6, 6.07) is 22.8. The van der Waals surface area contributed by atoms with Crippen molar-refractivity contribution in [2.24, 2.45) is 0 Å². The molecular formula is C27H24O4. The zero-order valence-electron chi connectivity index (χ0n) is 17.6. The number of fused-ring (bicyclic) bond motifs is 5. The Morgan fingerprint density at radius 1 is 0.645 bits per heavy atom. The number of esters is 2. The molecule has 1 saturated carbocycles. The van der Waals surface area contributed by atoms with E-state index in [1.807, 2.05) is 50.2 Å². The Bertz CT molecular complexity index is 1040. The van der Waals surface area contributed by atoms with Crippen LogP contribution in [0.2, 0.25) is 0 Å². The minimum Gasteiger partial charge on any atom is -0.454 e. The fourth-order valence-corrected chi connectivity index (χ4v) is 4.85. The zero-order chi connectivity index (χ0) is 21.5. The highest BCUT2D eigenvalue weighted by Crippen LogP contribution is 2.55. The number of hydrogen-bond donors (Lipinski definition) is 0. The van der Waals surface area contributed by atoms with Crippen LogP contribution in [0.1, 0.15) is 61.2 Å². The van der Waals surface area contributed by atoms with Crippen molar-refractivity contribution >= 4 is 11.9 Å². The summed E-state index contributed by atoms with van der Waals surface area (Å²) >= 11 is 0. The van der Waals surface area contributed by atoms with Gasteiger partial charge >= 0.3 is 11.9 Å². The smallest absolute Gasteiger partial charge is 0.338 e. The molecule has 4 heteroatoms. The van der Waals surface area contributed by atoms with Crippen LogP contribution in [0.15, 0.2) is 72.8 Å². The van der Waals surface area contributed by atoms with Crippen LogP contribution in [-0.2, 0) is 9.47 Å². The van der Waals surface area contributed by atoms with E-state index in [0.717, 1.165) is 17.5 Å². The fraction of sp³-hybridized carbons (Fsp3) is 0.259. The van der Waals surface area contributed by atoms with Gasteiger partial charge in [-0.1, -0.05) is 59.7 Å². The molecule has 0 aliphatic heterocycles. The molecule has 2 bridgehead atoms. The number of carbonyl (C=O) groups excluding carboxylic acids is 2. The van der Waals surface area contributed by atoms with Crippen LogP contribution in [0.5, 0.6) is 0 Å². The van der Waals surface area contributed by atoms with Gasteiger partial charge < -0.3 is 9.47 Å². The highest BCUT2D eigenvalue weighted by molar-refractivity contribution is 5.90. The highest BCUT2D eigenvalue weighted by atomic mass is 16.6. The predicted molar refractivity (Wildman–Crippen MR) is 117 cm³/mol. The van der Waals surface area contributed by atoms with E-state index < -0.39 is 12.2 Å². The van der Waals surface area contributed by atoms with E-state index in [1.165, 1.54) is 11.1 Å². The SMILES string of the molecule is Cc1ccc(C(=O)O[C@@H]2[C@H](OC(=O)c3ccc(C)cc3)[C@@H]3C[C@H]2c2ccccc23)cc1. The largest absolute Gasteiger partial charge is 0.454 e. The van der Waals surface area contributed by atoms with Crippen LogP contribution in [0, 0.1) is 13.8 Å². The van der Waals surface area contributed by atoms with E-state index in [0.29, 0.717) is 11.1 Å². The van der Waals surface area contributed by atoms with Crippen LogP contribution in [0.25, 0.3) is 0 Å². The maximum atomic E-state index is 12.9. The molecule has 0 N–H and O–H groups in total. The van der Waals surface area contributed by atoms with E-state index >= 15 is 0 Å². The van der Waals surface area contributed by atoms with E-state index in [4.69, 9.17) is 9.47 Å². The van der Waals surface area contributed by atoms with Crippen molar-refractivity contribution in [2.75, 3.05) is 0 Å². The minimum atomic E-state index is -0.497. The third kappa shape index (κ3) is 3.52. The molecule has 0 saturated heterocycles. The fourth-order valence-electron chi connectivity index (χ4n) is 4.85. The second-order valence-corrected chi connectivity index (χ2v) is 8.55. The maximum absolute atomic E-state index is 12.9. The molecule has 0 heterocycles. The lowest BCUT2D eigenvalue weighted by molar-refractivity contribution is -0.0348. The van der Waals surface area contributed by atoms with Crippen molar-refractivity contribution in [3.63, 3.8) is 0 Å². The second kappa shape index (κ2) is 7.69. The van der Waals surface area contributed by atoms with Crippen LogP contribution >= 0.6 is 0 Å². The average molecular weight is 412 g/mol. The maximum Gasteiger partial charge on any atom is 0.338 e. The Hall–Kier alpha value is -3.40. The molecule has 3 aromatic carbocycles. The number of carbonyl (C=O) groups is 2. The first-order valence-corrected chi connectivity index (χ1v) is 10.7. The topological polar surface area (TPSA) is 52.6 Å². The van der Waals surface area contributed by atoms with Gasteiger partial charge in [-0.3, -0.25) is 0 Å². The molecule has 2 aliphatic carbocycles. The lowest BCUT2D eigenvalue weighted by Crippen LogP contribution is -2.39. The average Bonchev–Trinajstić information content (AvgIpc) is 3.32. The summed E-state index contributed by atoms with van der Waals surface area (Å²) in [4.78, 5) is 25.8. The van der Waals surface area contributed by atoms with Gasteiger partial charge in [0.2, 0.25) is 0 Å². The molecule has 0 spiro atoms. The summed E-state index contributed by atoms with van der Waals surface area (Å²) in [6.45, 7) is 3.95. The summed E-state index contributed by atoms with van der Waals surface area (Å²) in [5.41, 5.74) is 5.55. The first-order chi connectivity index (χ1) is 15.0. The molecule has 4 atom stereocenters. The molecule has 3 aromatic rings. The molecule has 0 radical (unpaired) electrons. The Labute approximate surface area is 181 Å². The van der Waals surface area contributed by atoms with Crippen LogP contribution in [0.4, 0.5) is 0 Å². The number of aryl methyl sites for hydroxylation is 2. The number of ether oxygens (including phenoxy) is 2. The molecule has 2 aliphatic rings. The normalized spacial score (nSPS) is 23.3. The van der Waals surface area contributed by atoms with E-state index in [2.05, 4.69) is 12.1 Å². The lowest BCUT2D eigenvalue weighted by Gasteiger charge is -2.32. The summed E-state index contributed by atoms with van der Waals surface area (Å²) in [5, 5.41) is 0. The van der Waals surface area contributed by atoms with Gasteiger partial charge in [0.15, 0.2) is 0 Å². The van der Waals surface area contributed by atoms with Gasteiger partial charge in [0, 0.05) is 11.8 Å². The van der Waals surface area contributed by atoms with Crippen LogP contribution in [-0.4, -0.2) is 24.1 Å². The molecule has 5 rings (SSSR count). The third-order valence-electron chi connectivity index (χ3n) is 6.48. The number of hydrogen-bond acceptors (Lipinski definition) is 4. The van der Waals surface area contributed by atoms with Gasteiger partial charge in [-0.2, -0.15) is 0 Å². The standard InChI is InChI=1S/C27H24O4/c1-16-7-11-18(12-8-16)26(28)30-24-22-15-23(21-6-4-3-5-20(21)22)25(24)31-27(29)19-13-9-17(2)10-14-19/h3-14,22-25H,15H2,1-2H3/t22-,23+,24-,25+. The van der Waals surface area contributed by atoms with Gasteiger partial charge in [-0.05, 0) is 55.7 Å². The summed E-state index contributed by atoms with van der Waals surface area (Å²) in [7, 11) is 0. The summed E-state index contributed by atoms with van der Waals surface area (Å²) in [5.74, 6) is -0.698. The number of benzene rings is 3. The Kier molecular flexibility index (Phi) is 4.85. The molecule has 156 valence electrons. The van der Waals surface area contributed by atoms with Gasteiger partial charge in [-0.25, -0.2) is 9.59 Å². The van der Waals surface area contributed by atoms with Gasteiger partial charge in [0.25, 0.3) is 0 Å². The number of rotatable bonds is 4. The van der Waals surface area contributed by atoms with Crippen LogP contribution in [0.3, 0.4) is 0 Å². The predicted octanol–water partition coefficient (Wildman–Crippen LogP) is 5.34. The molecule has 4 nitrogen and oxygen atoms in total. The van der Waals surface area contributed by atoms with Crippen molar-refractivity contribution in [3.05, 3.63) is 106 Å². The first-order valence-electron chi connectivity index (χ1n) is 10.7. The Balaban J connectivity index is 1.43. The monoisotopic (exact) mass is 412 g/mol. The minimum absolute atomic E-state index is 0.0337. The first kappa shape index (κ1) is 19.6. The van der Waals surface area contributed by atoms with Gasteiger partial charge in [0.1, 0.15) is 12.2 Å². The quantitative estimate of drug-likeness (QED) is 0.543. The van der Waals surface area contributed by atoms with E-state index in [-0.39, 0.29) is 23.8 Å². The second-order valence-electron chi connectivity index (χ2n) is 8.55. The molecule has 0 unspecified atom stereocenters. The lowest BCUT2D eigenvalue weighted by atomic mass is 9.87. The molecule has 0 aromatic heterocycles. The van der Waals surface area contributed by atoms with Gasteiger partial charge in [-0.15, -0.1) is 0 Å². The van der Waals surface area contributed by atoms with Crippen molar-refractivity contribution < 1.29 is 19.1 Å². The van der Waals surface area contributed by atoms with E-state index in [9.17, 15) is 9.59 Å². The molecule has 31 heavy (non-hydrogen) atoms. The summed E-state index contributed by atoms with van der Waals surface area (Å²) < 4.78 is 12.0. The van der Waals surface area contributed by atoms with Crippen LogP contribution < -0.4 is 0 Å². The van der Waals surface area contributed by atoms with Crippen molar-refractivity contribution in [3.8, 4) is 0 Å². The zero-order valence-corrected chi connectivity index (χ0v) is 17.6. The van der Waals surface area contributed by atoms with Gasteiger partial charge in [0.05, 0.1) is 11.1 Å². The highest BCUT2D eigenvalue weighted by Gasteiger charge is 2.55.